The van der Waals surface area contributed by atoms with Crippen LogP contribution in [0.5, 0.6) is 0 Å². The fourth-order valence-electron chi connectivity index (χ4n) is 2.83. The van der Waals surface area contributed by atoms with Gasteiger partial charge < -0.3 is 5.32 Å². The number of anilines is 1. The van der Waals surface area contributed by atoms with Crippen molar-refractivity contribution in [1.82, 2.24) is 0 Å². The second-order valence-corrected chi connectivity index (χ2v) is 7.44. The second-order valence-electron chi connectivity index (χ2n) is 6.59. The van der Waals surface area contributed by atoms with E-state index in [4.69, 9.17) is 23.2 Å². The van der Waals surface area contributed by atoms with Crippen molar-refractivity contribution in [3.63, 3.8) is 0 Å². The summed E-state index contributed by atoms with van der Waals surface area (Å²) in [5.41, 5.74) is 4.37. The molecule has 0 atom stereocenters. The summed E-state index contributed by atoms with van der Waals surface area (Å²) in [6, 6.07) is 22.6. The summed E-state index contributed by atoms with van der Waals surface area (Å²) in [7, 11) is 0. The van der Waals surface area contributed by atoms with E-state index in [1.165, 1.54) is 0 Å². The Kier molecular flexibility index (Phi) is 6.72. The molecule has 0 aromatic heterocycles. The molecule has 3 nitrogen and oxygen atoms in total. The first-order valence-electron chi connectivity index (χ1n) is 8.98. The summed E-state index contributed by atoms with van der Waals surface area (Å²) in [6.07, 6.45) is 2.28. The van der Waals surface area contributed by atoms with Crippen LogP contribution in [0.1, 0.15) is 22.3 Å². The van der Waals surface area contributed by atoms with Crippen LogP contribution in [0.3, 0.4) is 0 Å². The maximum atomic E-state index is 12.5. The van der Waals surface area contributed by atoms with Crippen LogP contribution in [-0.4, -0.2) is 5.91 Å². The van der Waals surface area contributed by atoms with Gasteiger partial charge in [-0.2, -0.15) is 5.26 Å². The first-order chi connectivity index (χ1) is 14.0. The molecule has 0 bridgehead atoms. The molecule has 0 aliphatic rings. The lowest BCUT2D eigenvalue weighted by Crippen LogP contribution is -2.14. The van der Waals surface area contributed by atoms with E-state index in [0.29, 0.717) is 17.1 Å². The van der Waals surface area contributed by atoms with E-state index in [9.17, 15) is 10.1 Å². The zero-order chi connectivity index (χ0) is 20.8. The van der Waals surface area contributed by atoms with Gasteiger partial charge in [0.2, 0.25) is 0 Å². The Morgan fingerprint density at radius 1 is 1.07 bits per heavy atom. The Morgan fingerprint density at radius 2 is 1.79 bits per heavy atom. The van der Waals surface area contributed by atoms with E-state index in [-0.39, 0.29) is 5.57 Å². The SMILES string of the molecule is Cc1ccc(Cl)cc1NC(=O)/C(C#N)=C/c1ccc(Cc2ccccc2Cl)cc1. The van der Waals surface area contributed by atoms with Gasteiger partial charge in [0.05, 0.1) is 0 Å². The molecule has 3 aromatic rings. The first-order valence-corrected chi connectivity index (χ1v) is 9.73. The van der Waals surface area contributed by atoms with Crippen LogP contribution in [0.15, 0.2) is 72.3 Å². The van der Waals surface area contributed by atoms with Gasteiger partial charge >= 0.3 is 0 Å². The highest BCUT2D eigenvalue weighted by atomic mass is 35.5. The molecule has 0 aliphatic heterocycles. The average Bonchev–Trinajstić information content (AvgIpc) is 2.71. The number of rotatable bonds is 5. The van der Waals surface area contributed by atoms with Gasteiger partial charge in [0.15, 0.2) is 0 Å². The van der Waals surface area contributed by atoms with E-state index in [1.807, 2.05) is 67.6 Å². The maximum Gasteiger partial charge on any atom is 0.266 e. The molecular weight excluding hydrogens is 403 g/mol. The predicted molar refractivity (Wildman–Crippen MR) is 119 cm³/mol. The van der Waals surface area contributed by atoms with Crippen molar-refractivity contribution in [3.05, 3.63) is 105 Å². The number of hydrogen-bond acceptors (Lipinski definition) is 2. The fraction of sp³-hybridized carbons (Fsp3) is 0.0833. The smallest absolute Gasteiger partial charge is 0.266 e. The van der Waals surface area contributed by atoms with Crippen LogP contribution < -0.4 is 5.32 Å². The highest BCUT2D eigenvalue weighted by Gasteiger charge is 2.11. The van der Waals surface area contributed by atoms with E-state index in [1.54, 1.807) is 18.2 Å². The number of aryl methyl sites for hydroxylation is 1. The van der Waals surface area contributed by atoms with E-state index >= 15 is 0 Å². The molecule has 3 rings (SSSR count). The van der Waals surface area contributed by atoms with Gasteiger partial charge in [-0.1, -0.05) is 71.7 Å². The van der Waals surface area contributed by atoms with Crippen LogP contribution in [0.2, 0.25) is 10.0 Å². The number of halogens is 2. The predicted octanol–water partition coefficient (Wildman–Crippen LogP) is 6.44. The van der Waals surface area contributed by atoms with Gasteiger partial charge in [0, 0.05) is 15.7 Å². The summed E-state index contributed by atoms with van der Waals surface area (Å²) in [5.74, 6) is -0.474. The van der Waals surface area contributed by atoms with Gasteiger partial charge in [-0.05, 0) is 59.9 Å². The molecule has 3 aromatic carbocycles. The summed E-state index contributed by atoms with van der Waals surface area (Å²) in [4.78, 5) is 12.5. The second kappa shape index (κ2) is 9.43. The van der Waals surface area contributed by atoms with E-state index in [0.717, 1.165) is 27.3 Å². The number of amides is 1. The zero-order valence-electron chi connectivity index (χ0n) is 15.7. The third-order valence-corrected chi connectivity index (χ3v) is 5.06. The maximum absolute atomic E-state index is 12.5. The quantitative estimate of drug-likeness (QED) is 0.381. The Morgan fingerprint density at radius 3 is 2.48 bits per heavy atom. The van der Waals surface area contributed by atoms with Crippen molar-refractivity contribution in [2.75, 3.05) is 5.32 Å². The molecule has 1 N–H and O–H groups in total. The molecule has 0 saturated carbocycles. The van der Waals surface area contributed by atoms with Gasteiger partial charge in [0.1, 0.15) is 11.6 Å². The fourth-order valence-corrected chi connectivity index (χ4v) is 3.20. The summed E-state index contributed by atoms with van der Waals surface area (Å²) in [6.45, 7) is 1.86. The molecule has 144 valence electrons. The van der Waals surface area contributed by atoms with Gasteiger partial charge in [0.25, 0.3) is 5.91 Å². The lowest BCUT2D eigenvalue weighted by atomic mass is 10.0. The van der Waals surface area contributed by atoms with Crippen molar-refractivity contribution in [2.24, 2.45) is 0 Å². The van der Waals surface area contributed by atoms with Crippen molar-refractivity contribution < 1.29 is 4.79 Å². The number of benzene rings is 3. The number of hydrogen-bond donors (Lipinski definition) is 1. The average molecular weight is 421 g/mol. The normalized spacial score (nSPS) is 11.0. The Labute approximate surface area is 180 Å². The van der Waals surface area contributed by atoms with Gasteiger partial charge in [-0.25, -0.2) is 0 Å². The van der Waals surface area contributed by atoms with Crippen LogP contribution in [0.4, 0.5) is 5.69 Å². The Hall–Kier alpha value is -3.06. The monoisotopic (exact) mass is 420 g/mol. The van der Waals surface area contributed by atoms with Crippen molar-refractivity contribution in [3.8, 4) is 6.07 Å². The van der Waals surface area contributed by atoms with Crippen molar-refractivity contribution in [2.45, 2.75) is 13.3 Å². The molecule has 0 fully saturated rings. The summed E-state index contributed by atoms with van der Waals surface area (Å²) >= 11 is 12.2. The highest BCUT2D eigenvalue weighted by Crippen LogP contribution is 2.22. The molecular formula is C24H18Cl2N2O. The van der Waals surface area contributed by atoms with Gasteiger partial charge in [-0.3, -0.25) is 4.79 Å². The number of nitriles is 1. The molecule has 0 aliphatic carbocycles. The molecule has 0 unspecified atom stereocenters. The summed E-state index contributed by atoms with van der Waals surface area (Å²) < 4.78 is 0. The largest absolute Gasteiger partial charge is 0.321 e. The lowest BCUT2D eigenvalue weighted by Gasteiger charge is -2.08. The topological polar surface area (TPSA) is 52.9 Å². The number of nitrogens with zero attached hydrogens (tertiary/aromatic N) is 1. The van der Waals surface area contributed by atoms with Crippen LogP contribution >= 0.6 is 23.2 Å². The molecule has 5 heteroatoms. The third kappa shape index (κ3) is 5.48. The lowest BCUT2D eigenvalue weighted by molar-refractivity contribution is -0.112. The molecule has 0 spiro atoms. The molecule has 1 amide bonds. The van der Waals surface area contributed by atoms with Crippen molar-refractivity contribution >= 4 is 40.9 Å². The standard InChI is InChI=1S/C24H18Cl2N2O/c1-16-6-11-21(25)14-23(16)28-24(29)20(15-27)13-18-9-7-17(8-10-18)12-19-4-2-3-5-22(19)26/h2-11,13-14H,12H2,1H3,(H,28,29)/b20-13+. The van der Waals surface area contributed by atoms with Crippen LogP contribution in [-0.2, 0) is 11.2 Å². The highest BCUT2D eigenvalue weighted by molar-refractivity contribution is 6.31. The van der Waals surface area contributed by atoms with Crippen LogP contribution in [0.25, 0.3) is 6.08 Å². The zero-order valence-corrected chi connectivity index (χ0v) is 17.3. The Balaban J connectivity index is 1.75. The molecule has 29 heavy (non-hydrogen) atoms. The third-order valence-electron chi connectivity index (χ3n) is 4.46. The number of carbonyl (C=O) groups is 1. The van der Waals surface area contributed by atoms with Crippen molar-refractivity contribution in [1.29, 1.82) is 5.26 Å². The number of nitrogens with one attached hydrogen (secondary N) is 1. The molecule has 0 saturated heterocycles. The van der Waals surface area contributed by atoms with Crippen LogP contribution in [0, 0.1) is 18.3 Å². The first kappa shape index (κ1) is 20.7. The van der Waals surface area contributed by atoms with E-state index in [2.05, 4.69) is 5.32 Å². The summed E-state index contributed by atoms with van der Waals surface area (Å²) in [5, 5.41) is 13.4. The molecule has 0 radical (unpaired) electrons. The minimum Gasteiger partial charge on any atom is -0.321 e. The number of carbonyl (C=O) groups excluding carboxylic acids is 1. The van der Waals surface area contributed by atoms with E-state index < -0.39 is 5.91 Å². The minimum absolute atomic E-state index is 0.0169. The van der Waals surface area contributed by atoms with Gasteiger partial charge in [-0.15, -0.1) is 0 Å². The Bertz CT molecular complexity index is 1110. The minimum atomic E-state index is -0.474. The molecule has 0 heterocycles.